The van der Waals surface area contributed by atoms with Crippen LogP contribution in [0.3, 0.4) is 0 Å². The van der Waals surface area contributed by atoms with Crippen molar-refractivity contribution in [2.45, 2.75) is 25.9 Å². The average Bonchev–Trinajstić information content (AvgIpc) is 2.21. The van der Waals surface area contributed by atoms with Gasteiger partial charge >= 0.3 is 11.9 Å². The molecule has 1 unspecified atom stereocenters. The monoisotopic (exact) mass is 232 g/mol. The minimum Gasteiger partial charge on any atom is -0.477 e. The van der Waals surface area contributed by atoms with Crippen LogP contribution in [0.2, 0.25) is 0 Å². The van der Waals surface area contributed by atoms with E-state index < -0.39 is 18.1 Å². The summed E-state index contributed by atoms with van der Waals surface area (Å²) in [5.74, 6) is -6.86. The Morgan fingerprint density at radius 2 is 1.94 bits per heavy atom. The maximum Gasteiger partial charge on any atom is 0.378 e. The summed E-state index contributed by atoms with van der Waals surface area (Å²) >= 11 is 0. The maximum absolute atomic E-state index is 13.5. The zero-order chi connectivity index (χ0) is 12.5. The molecule has 16 heavy (non-hydrogen) atoms. The lowest BCUT2D eigenvalue weighted by Crippen LogP contribution is -2.33. The van der Waals surface area contributed by atoms with Crippen LogP contribution in [0.5, 0.6) is 0 Å². The van der Waals surface area contributed by atoms with Crippen LogP contribution < -0.4 is 0 Å². The number of hydrogen-bond acceptors (Lipinski definition) is 1. The summed E-state index contributed by atoms with van der Waals surface area (Å²) in [7, 11) is 0. The Kier molecular flexibility index (Phi) is 3.26. The van der Waals surface area contributed by atoms with E-state index >= 15 is 0 Å². The third-order valence-electron chi connectivity index (χ3n) is 2.52. The Balaban J connectivity index is 3.20. The van der Waals surface area contributed by atoms with Gasteiger partial charge in [0.05, 0.1) is 0 Å². The van der Waals surface area contributed by atoms with E-state index in [0.717, 1.165) is 0 Å². The van der Waals surface area contributed by atoms with Gasteiger partial charge in [0.1, 0.15) is 0 Å². The molecule has 0 aliphatic rings. The van der Waals surface area contributed by atoms with Crippen LogP contribution in [0, 0.1) is 13.8 Å². The molecule has 1 atom stereocenters. The van der Waals surface area contributed by atoms with Crippen LogP contribution in [0.25, 0.3) is 0 Å². The minimum absolute atomic E-state index is 0.285. The highest BCUT2D eigenvalue weighted by atomic mass is 19.3. The first kappa shape index (κ1) is 12.5. The standard InChI is InChI=1S/C11H11F3O2/c1-6-4-3-5-8(7(6)2)9(12)11(13,14)10(15)16/h3-5,9H,1-2H3,(H,15,16). The SMILES string of the molecule is Cc1cccc(C(F)C(F)(F)C(=O)O)c1C. The molecule has 0 spiro atoms. The molecule has 0 aliphatic carbocycles. The Morgan fingerprint density at radius 1 is 1.38 bits per heavy atom. The van der Waals surface area contributed by atoms with Crippen molar-refractivity contribution in [2.24, 2.45) is 0 Å². The highest BCUT2D eigenvalue weighted by Crippen LogP contribution is 2.37. The number of halogens is 3. The van der Waals surface area contributed by atoms with E-state index in [-0.39, 0.29) is 5.56 Å². The van der Waals surface area contributed by atoms with E-state index in [2.05, 4.69) is 0 Å². The number of carboxylic acids is 1. The number of alkyl halides is 3. The van der Waals surface area contributed by atoms with Crippen molar-refractivity contribution in [3.05, 3.63) is 34.9 Å². The molecular formula is C11H11F3O2. The number of aliphatic carboxylic acids is 1. The van der Waals surface area contributed by atoms with Gasteiger partial charge in [0.25, 0.3) is 0 Å². The van der Waals surface area contributed by atoms with Crippen LogP contribution in [-0.2, 0) is 4.79 Å². The van der Waals surface area contributed by atoms with Gasteiger partial charge < -0.3 is 5.11 Å². The Bertz CT molecular complexity index is 416. The molecule has 0 amide bonds. The van der Waals surface area contributed by atoms with Gasteiger partial charge in [0, 0.05) is 0 Å². The van der Waals surface area contributed by atoms with E-state index in [1.807, 2.05) is 0 Å². The molecule has 0 saturated carbocycles. The van der Waals surface area contributed by atoms with Gasteiger partial charge in [-0.25, -0.2) is 9.18 Å². The average molecular weight is 232 g/mol. The van der Waals surface area contributed by atoms with Crippen LogP contribution in [0.4, 0.5) is 13.2 Å². The van der Waals surface area contributed by atoms with Crippen molar-refractivity contribution < 1.29 is 23.1 Å². The normalized spacial score (nSPS) is 13.6. The summed E-state index contributed by atoms with van der Waals surface area (Å²) in [6.07, 6.45) is -2.83. The van der Waals surface area contributed by atoms with Crippen molar-refractivity contribution in [1.29, 1.82) is 0 Å². The number of carbonyl (C=O) groups is 1. The smallest absolute Gasteiger partial charge is 0.378 e. The van der Waals surface area contributed by atoms with Crippen molar-refractivity contribution in [1.82, 2.24) is 0 Å². The first-order chi connectivity index (χ1) is 7.28. The van der Waals surface area contributed by atoms with Gasteiger partial charge in [-0.2, -0.15) is 8.78 Å². The molecule has 1 aromatic carbocycles. The molecule has 0 aromatic heterocycles. The third kappa shape index (κ3) is 2.03. The second-order valence-corrected chi connectivity index (χ2v) is 3.58. The molecule has 1 N–H and O–H groups in total. The summed E-state index contributed by atoms with van der Waals surface area (Å²) in [6, 6.07) is 4.23. The second-order valence-electron chi connectivity index (χ2n) is 3.58. The fraction of sp³-hybridized carbons (Fsp3) is 0.364. The van der Waals surface area contributed by atoms with Crippen molar-refractivity contribution in [3.63, 3.8) is 0 Å². The first-order valence-electron chi connectivity index (χ1n) is 4.60. The molecular weight excluding hydrogens is 221 g/mol. The molecule has 0 fully saturated rings. The van der Waals surface area contributed by atoms with Crippen LogP contribution >= 0.6 is 0 Å². The topological polar surface area (TPSA) is 37.3 Å². The summed E-state index contributed by atoms with van der Waals surface area (Å²) in [5.41, 5.74) is 0.699. The fourth-order valence-electron chi connectivity index (χ4n) is 1.35. The molecule has 1 rings (SSSR count). The highest BCUT2D eigenvalue weighted by molar-refractivity contribution is 5.76. The zero-order valence-corrected chi connectivity index (χ0v) is 8.80. The van der Waals surface area contributed by atoms with E-state index in [1.165, 1.54) is 19.1 Å². The number of aryl methyl sites for hydroxylation is 1. The lowest BCUT2D eigenvalue weighted by Gasteiger charge is -2.19. The van der Waals surface area contributed by atoms with Crippen molar-refractivity contribution in [2.75, 3.05) is 0 Å². The number of carboxylic acid groups (broad SMARTS) is 1. The fourth-order valence-corrected chi connectivity index (χ4v) is 1.35. The van der Waals surface area contributed by atoms with Crippen molar-refractivity contribution in [3.8, 4) is 0 Å². The molecule has 0 radical (unpaired) electrons. The quantitative estimate of drug-likeness (QED) is 0.869. The van der Waals surface area contributed by atoms with E-state index in [4.69, 9.17) is 5.11 Å². The second kappa shape index (κ2) is 4.15. The summed E-state index contributed by atoms with van der Waals surface area (Å²) in [6.45, 7) is 3.12. The van der Waals surface area contributed by atoms with Gasteiger partial charge in [-0.3, -0.25) is 0 Å². The minimum atomic E-state index is -4.40. The van der Waals surface area contributed by atoms with Gasteiger partial charge in [-0.05, 0) is 30.5 Å². The molecule has 0 aliphatic heterocycles. The largest absolute Gasteiger partial charge is 0.477 e. The van der Waals surface area contributed by atoms with Gasteiger partial charge in [0.15, 0.2) is 6.17 Å². The summed E-state index contributed by atoms with van der Waals surface area (Å²) in [5, 5.41) is 8.24. The summed E-state index contributed by atoms with van der Waals surface area (Å²) < 4.78 is 39.4. The molecule has 0 heterocycles. The molecule has 5 heteroatoms. The van der Waals surface area contributed by atoms with Crippen LogP contribution in [0.15, 0.2) is 18.2 Å². The molecule has 2 nitrogen and oxygen atoms in total. The molecule has 1 aromatic rings. The van der Waals surface area contributed by atoms with Gasteiger partial charge in [-0.1, -0.05) is 18.2 Å². The highest BCUT2D eigenvalue weighted by Gasteiger charge is 2.49. The number of rotatable bonds is 3. The molecule has 0 saturated heterocycles. The predicted octanol–water partition coefficient (Wildman–Crippen LogP) is 3.03. The molecule has 0 bridgehead atoms. The molecule has 88 valence electrons. The van der Waals surface area contributed by atoms with E-state index in [9.17, 15) is 18.0 Å². The van der Waals surface area contributed by atoms with Gasteiger partial charge in [0.2, 0.25) is 0 Å². The number of benzene rings is 1. The van der Waals surface area contributed by atoms with Crippen LogP contribution in [0.1, 0.15) is 22.9 Å². The Morgan fingerprint density at radius 3 is 2.44 bits per heavy atom. The predicted molar refractivity (Wildman–Crippen MR) is 52.3 cm³/mol. The number of hydrogen-bond donors (Lipinski definition) is 1. The van der Waals surface area contributed by atoms with E-state index in [0.29, 0.717) is 11.1 Å². The lowest BCUT2D eigenvalue weighted by atomic mass is 9.97. The first-order valence-corrected chi connectivity index (χ1v) is 4.60. The lowest BCUT2D eigenvalue weighted by molar-refractivity contribution is -0.175. The third-order valence-corrected chi connectivity index (χ3v) is 2.52. The zero-order valence-electron chi connectivity index (χ0n) is 8.80. The van der Waals surface area contributed by atoms with Crippen LogP contribution in [-0.4, -0.2) is 17.0 Å². The van der Waals surface area contributed by atoms with Crippen molar-refractivity contribution >= 4 is 5.97 Å². The Hall–Kier alpha value is -1.52. The van der Waals surface area contributed by atoms with Gasteiger partial charge in [-0.15, -0.1) is 0 Å². The summed E-state index contributed by atoms with van der Waals surface area (Å²) in [4.78, 5) is 10.2. The van der Waals surface area contributed by atoms with E-state index in [1.54, 1.807) is 13.0 Å². The Labute approximate surface area is 90.7 Å². The maximum atomic E-state index is 13.5.